The van der Waals surface area contributed by atoms with Gasteiger partial charge in [-0.05, 0) is 59.4 Å². The number of aromatic nitrogens is 1. The molecule has 188 valence electrons. The van der Waals surface area contributed by atoms with Gasteiger partial charge in [-0.3, -0.25) is 4.98 Å². The lowest BCUT2D eigenvalue weighted by Crippen LogP contribution is -2.51. The summed E-state index contributed by atoms with van der Waals surface area (Å²) in [5, 5.41) is 0. The lowest BCUT2D eigenvalue weighted by atomic mass is 9.82. The molecular formula is C28H30N2O5S. The smallest absolute Gasteiger partial charge is 0.409 e. The first-order valence-electron chi connectivity index (χ1n) is 12.2. The molecule has 3 aromatic rings. The van der Waals surface area contributed by atoms with Gasteiger partial charge in [-0.15, -0.1) is 0 Å². The summed E-state index contributed by atoms with van der Waals surface area (Å²) in [5.41, 5.74) is 4.39. The van der Waals surface area contributed by atoms with E-state index in [-0.39, 0.29) is 23.2 Å². The van der Waals surface area contributed by atoms with E-state index in [1.807, 2.05) is 36.4 Å². The largest absolute Gasteiger partial charge is 0.487 e. The van der Waals surface area contributed by atoms with Crippen molar-refractivity contribution in [2.24, 2.45) is 0 Å². The second kappa shape index (κ2) is 9.93. The van der Waals surface area contributed by atoms with Gasteiger partial charge < -0.3 is 14.4 Å². The molecule has 8 heteroatoms. The van der Waals surface area contributed by atoms with Gasteiger partial charge in [0.2, 0.25) is 0 Å². The first-order valence-corrected chi connectivity index (χ1v) is 14.0. The van der Waals surface area contributed by atoms with Crippen LogP contribution in [0, 0.1) is 0 Å². The third kappa shape index (κ3) is 5.38. The summed E-state index contributed by atoms with van der Waals surface area (Å²) in [6.07, 6.45) is 4.78. The van der Waals surface area contributed by atoms with Crippen LogP contribution in [0.3, 0.4) is 0 Å². The van der Waals surface area contributed by atoms with Crippen molar-refractivity contribution in [1.82, 2.24) is 9.88 Å². The van der Waals surface area contributed by atoms with Crippen molar-refractivity contribution in [2.45, 2.75) is 42.8 Å². The van der Waals surface area contributed by atoms with Crippen LogP contribution in [-0.2, 0) is 32.5 Å². The quantitative estimate of drug-likeness (QED) is 0.495. The number of aryl methyl sites for hydroxylation is 1. The van der Waals surface area contributed by atoms with E-state index < -0.39 is 9.84 Å². The van der Waals surface area contributed by atoms with Gasteiger partial charge in [-0.1, -0.05) is 36.4 Å². The van der Waals surface area contributed by atoms with Gasteiger partial charge in [0.15, 0.2) is 9.84 Å². The highest BCUT2D eigenvalue weighted by molar-refractivity contribution is 7.89. The normalized spacial score (nSPS) is 16.8. The van der Waals surface area contributed by atoms with Crippen molar-refractivity contribution in [1.29, 1.82) is 0 Å². The number of sulfone groups is 1. The number of piperidine rings is 1. The highest BCUT2D eigenvalue weighted by Crippen LogP contribution is 2.41. The molecule has 0 N–H and O–H groups in total. The van der Waals surface area contributed by atoms with E-state index >= 15 is 0 Å². The Labute approximate surface area is 212 Å². The molecule has 1 saturated heterocycles. The molecule has 2 aliphatic rings. The van der Waals surface area contributed by atoms with Gasteiger partial charge in [0.05, 0.1) is 24.3 Å². The minimum Gasteiger partial charge on any atom is -0.487 e. The Balaban J connectivity index is 1.24. The van der Waals surface area contributed by atoms with Crippen LogP contribution in [0.2, 0.25) is 0 Å². The standard InChI is InChI=1S/C28H30N2O5S/c1-34-27(31)30-16-13-28(14-17-30)12-11-24-18-23(9-10-26(24)35-28)22-7-5-21(6-8-22)19-36(32,33)20-25-4-2-3-15-29-25/h2-10,15,18H,11-14,16-17,19-20H2,1H3. The molecule has 0 radical (unpaired) electrons. The number of pyridine rings is 1. The lowest BCUT2D eigenvalue weighted by Gasteiger charge is -2.44. The SMILES string of the molecule is COC(=O)N1CCC2(CCc3cc(-c4ccc(CS(=O)(=O)Cc5ccccn5)cc4)ccc3O2)CC1. The van der Waals surface area contributed by atoms with Crippen LogP contribution < -0.4 is 4.74 Å². The fraction of sp³-hybridized carbons (Fsp3) is 0.357. The van der Waals surface area contributed by atoms with Crippen LogP contribution in [-0.4, -0.2) is 50.2 Å². The van der Waals surface area contributed by atoms with Crippen LogP contribution in [0.5, 0.6) is 5.75 Å². The van der Waals surface area contributed by atoms with Crippen LogP contribution in [0.1, 0.15) is 36.1 Å². The highest BCUT2D eigenvalue weighted by atomic mass is 32.2. The summed E-state index contributed by atoms with van der Waals surface area (Å²) in [4.78, 5) is 17.7. The second-order valence-electron chi connectivity index (χ2n) is 9.61. The molecule has 36 heavy (non-hydrogen) atoms. The zero-order valence-corrected chi connectivity index (χ0v) is 21.2. The Bertz CT molecular complexity index is 1330. The lowest BCUT2D eigenvalue weighted by molar-refractivity contribution is -0.0122. The first kappa shape index (κ1) is 24.3. The average Bonchev–Trinajstić information content (AvgIpc) is 2.89. The monoisotopic (exact) mass is 506 g/mol. The van der Waals surface area contributed by atoms with Crippen LogP contribution in [0.4, 0.5) is 4.79 Å². The topological polar surface area (TPSA) is 85.8 Å². The maximum absolute atomic E-state index is 12.6. The molecular weight excluding hydrogens is 476 g/mol. The minimum atomic E-state index is -3.31. The van der Waals surface area contributed by atoms with Gasteiger partial charge in [-0.2, -0.15) is 0 Å². The molecule has 0 atom stereocenters. The summed E-state index contributed by atoms with van der Waals surface area (Å²) < 4.78 is 36.5. The molecule has 7 nitrogen and oxygen atoms in total. The van der Waals surface area contributed by atoms with Crippen molar-refractivity contribution in [3.05, 3.63) is 83.7 Å². The summed E-state index contributed by atoms with van der Waals surface area (Å²) in [7, 11) is -1.89. The maximum atomic E-state index is 12.6. The van der Waals surface area contributed by atoms with Crippen molar-refractivity contribution >= 4 is 15.9 Å². The second-order valence-corrected chi connectivity index (χ2v) is 11.7. The molecule has 0 saturated carbocycles. The number of rotatable bonds is 5. The molecule has 0 aliphatic carbocycles. The van der Waals surface area contributed by atoms with Crippen LogP contribution in [0.25, 0.3) is 11.1 Å². The number of hydrogen-bond donors (Lipinski definition) is 0. The Morgan fingerprint density at radius 3 is 2.44 bits per heavy atom. The van der Waals surface area contributed by atoms with Crippen molar-refractivity contribution in [3.63, 3.8) is 0 Å². The van der Waals surface area contributed by atoms with Crippen LogP contribution in [0.15, 0.2) is 66.9 Å². The fourth-order valence-electron chi connectivity index (χ4n) is 5.09. The van der Waals surface area contributed by atoms with Gasteiger partial charge >= 0.3 is 6.09 Å². The number of fused-ring (bicyclic) bond motifs is 1. The molecule has 2 aromatic carbocycles. The number of amides is 1. The number of ether oxygens (including phenoxy) is 2. The van der Waals surface area contributed by atoms with E-state index in [1.165, 1.54) is 12.7 Å². The van der Waals surface area contributed by atoms with Crippen molar-refractivity contribution in [3.8, 4) is 16.9 Å². The Hall–Kier alpha value is -3.39. The van der Waals surface area contributed by atoms with Gasteiger partial charge in [-0.25, -0.2) is 13.2 Å². The van der Waals surface area contributed by atoms with Gasteiger partial charge in [0, 0.05) is 32.1 Å². The third-order valence-corrected chi connectivity index (χ3v) is 8.62. The zero-order valence-electron chi connectivity index (χ0n) is 20.4. The summed E-state index contributed by atoms with van der Waals surface area (Å²) in [6.45, 7) is 1.29. The number of carbonyl (C=O) groups excluding carboxylic acids is 1. The van der Waals surface area contributed by atoms with E-state index in [4.69, 9.17) is 9.47 Å². The van der Waals surface area contributed by atoms with Gasteiger partial charge in [0.25, 0.3) is 0 Å². The number of nitrogens with zero attached hydrogens (tertiary/aromatic N) is 2. The Morgan fingerprint density at radius 1 is 1.00 bits per heavy atom. The van der Waals surface area contributed by atoms with Gasteiger partial charge in [0.1, 0.15) is 11.4 Å². The molecule has 1 aromatic heterocycles. The predicted octanol–water partition coefficient (Wildman–Crippen LogP) is 4.79. The molecule has 1 spiro atoms. The molecule has 0 unspecified atom stereocenters. The van der Waals surface area contributed by atoms with Crippen molar-refractivity contribution < 1.29 is 22.7 Å². The number of carbonyl (C=O) groups is 1. The summed E-state index contributed by atoms with van der Waals surface area (Å²) in [5.74, 6) is 0.828. The minimum absolute atomic E-state index is 0.0165. The van der Waals surface area contributed by atoms with E-state index in [0.29, 0.717) is 18.8 Å². The number of benzene rings is 2. The van der Waals surface area contributed by atoms with E-state index in [1.54, 1.807) is 29.3 Å². The van der Waals surface area contributed by atoms with Crippen molar-refractivity contribution in [2.75, 3.05) is 20.2 Å². The zero-order chi connectivity index (χ0) is 25.2. The highest BCUT2D eigenvalue weighted by Gasteiger charge is 2.40. The number of methoxy groups -OCH3 is 1. The van der Waals surface area contributed by atoms with E-state index in [0.717, 1.165) is 48.1 Å². The maximum Gasteiger partial charge on any atom is 0.409 e. The molecule has 0 bridgehead atoms. The molecule has 5 rings (SSSR count). The molecule has 2 aliphatic heterocycles. The van der Waals surface area contributed by atoms with E-state index in [2.05, 4.69) is 11.1 Å². The van der Waals surface area contributed by atoms with Crippen LogP contribution >= 0.6 is 0 Å². The predicted molar refractivity (Wildman–Crippen MR) is 137 cm³/mol. The fourth-order valence-corrected chi connectivity index (χ4v) is 6.51. The molecule has 1 fully saturated rings. The molecule has 1 amide bonds. The Morgan fingerprint density at radius 2 is 1.75 bits per heavy atom. The summed E-state index contributed by atoms with van der Waals surface area (Å²) in [6, 6.07) is 19.3. The number of likely N-dealkylation sites (tertiary alicyclic amines) is 1. The first-order chi connectivity index (χ1) is 17.3. The van der Waals surface area contributed by atoms with E-state index in [9.17, 15) is 13.2 Å². The summed E-state index contributed by atoms with van der Waals surface area (Å²) >= 11 is 0. The Kier molecular flexibility index (Phi) is 6.71. The molecule has 3 heterocycles. The average molecular weight is 507 g/mol. The number of hydrogen-bond acceptors (Lipinski definition) is 6. The third-order valence-electron chi connectivity index (χ3n) is 7.11.